The van der Waals surface area contributed by atoms with E-state index in [2.05, 4.69) is 12.1 Å². The number of hydrogen-bond acceptors (Lipinski definition) is 1. The topological polar surface area (TPSA) is 13.1 Å². The van der Waals surface area contributed by atoms with Crippen LogP contribution in [0.2, 0.25) is 0 Å². The van der Waals surface area contributed by atoms with Crippen LogP contribution in [0, 0.1) is 0 Å². The van der Waals surface area contributed by atoms with E-state index in [4.69, 9.17) is 9.90 Å². The molecule has 1 nitrogen and oxygen atoms in total. The predicted molar refractivity (Wildman–Crippen MR) is 200 cm³/mol. The molecule has 10 aromatic rings. The maximum absolute atomic E-state index is 9.46. The number of furan rings is 1. The third-order valence-electron chi connectivity index (χ3n) is 9.29. The van der Waals surface area contributed by atoms with Gasteiger partial charge >= 0.3 is 0 Å². The predicted octanol–water partition coefficient (Wildman–Crippen LogP) is 13.2. The Bertz CT molecular complexity index is 3200. The van der Waals surface area contributed by atoms with Crippen LogP contribution in [0.25, 0.3) is 98.4 Å². The number of benzene rings is 9. The van der Waals surface area contributed by atoms with Gasteiger partial charge in [-0.15, -0.1) is 0 Å². The van der Waals surface area contributed by atoms with Crippen molar-refractivity contribution < 1.29 is 15.4 Å². The van der Waals surface area contributed by atoms with Gasteiger partial charge in [0.05, 0.1) is 11.0 Å². The van der Waals surface area contributed by atoms with Crippen molar-refractivity contribution >= 4 is 65.0 Å². The third-order valence-corrected chi connectivity index (χ3v) is 9.29. The molecule has 1 heterocycles. The SMILES string of the molecule is [2H]c1c([2H])c([2H])c2c(-c3cc4oc5ccc6ccccc6c5c4c4ccccc34)c3c([2H])c([2H])c([2H])c([2H])c3c(-c3ccc(-c4ccccc4)cc3)c2c1[2H]. The summed E-state index contributed by atoms with van der Waals surface area (Å²) in [6.45, 7) is 0. The summed E-state index contributed by atoms with van der Waals surface area (Å²) in [5, 5.41) is 6.18. The zero-order valence-electron chi connectivity index (χ0n) is 33.0. The van der Waals surface area contributed by atoms with Crippen molar-refractivity contribution in [2.75, 3.05) is 0 Å². The maximum Gasteiger partial charge on any atom is 0.136 e. The lowest BCUT2D eigenvalue weighted by molar-refractivity contribution is 0.669. The van der Waals surface area contributed by atoms with Gasteiger partial charge in [-0.25, -0.2) is 0 Å². The minimum atomic E-state index is -0.440. The summed E-state index contributed by atoms with van der Waals surface area (Å²) in [6, 6.07) is 36.1. The van der Waals surface area contributed by atoms with Gasteiger partial charge in [0.1, 0.15) is 11.2 Å². The summed E-state index contributed by atoms with van der Waals surface area (Å²) >= 11 is 0. The molecule has 0 unspecified atom stereocenters. The number of rotatable bonds is 3. The van der Waals surface area contributed by atoms with Crippen LogP contribution in [0.3, 0.4) is 0 Å². The number of hydrogen-bond donors (Lipinski definition) is 0. The lowest BCUT2D eigenvalue weighted by atomic mass is 9.84. The van der Waals surface area contributed by atoms with E-state index in [0.717, 1.165) is 43.4 Å². The first-order valence-electron chi connectivity index (χ1n) is 19.5. The van der Waals surface area contributed by atoms with Crippen molar-refractivity contribution in [3.63, 3.8) is 0 Å². The van der Waals surface area contributed by atoms with Crippen LogP contribution < -0.4 is 0 Å². The highest BCUT2D eigenvalue weighted by Gasteiger charge is 2.21. The van der Waals surface area contributed by atoms with Crippen LogP contribution in [0.15, 0.2) is 174 Å². The quantitative estimate of drug-likeness (QED) is 0.183. The fourth-order valence-corrected chi connectivity index (χ4v) is 7.25. The molecule has 0 N–H and O–H groups in total. The summed E-state index contributed by atoms with van der Waals surface area (Å²) < 4.78 is 79.7. The van der Waals surface area contributed by atoms with Gasteiger partial charge < -0.3 is 4.42 Å². The van der Waals surface area contributed by atoms with Gasteiger partial charge in [-0.1, -0.05) is 158 Å². The van der Waals surface area contributed by atoms with E-state index in [9.17, 15) is 5.48 Å². The lowest BCUT2D eigenvalue weighted by Gasteiger charge is -2.19. The molecule has 1 aromatic heterocycles. The molecule has 0 saturated carbocycles. The Morgan fingerprint density at radius 2 is 0.915 bits per heavy atom. The molecule has 0 saturated heterocycles. The van der Waals surface area contributed by atoms with E-state index in [0.29, 0.717) is 27.9 Å². The summed E-state index contributed by atoms with van der Waals surface area (Å²) in [5.41, 5.74) is 4.83. The molecule has 0 aliphatic heterocycles. The molecule has 0 bridgehead atoms. The molecule has 10 rings (SSSR count). The van der Waals surface area contributed by atoms with Crippen LogP contribution in [-0.4, -0.2) is 0 Å². The van der Waals surface area contributed by atoms with Crippen LogP contribution in [-0.2, 0) is 0 Å². The fraction of sp³-hybridized carbons (Fsp3) is 0. The number of fused-ring (bicyclic) bond motifs is 9. The van der Waals surface area contributed by atoms with E-state index in [1.807, 2.05) is 109 Å². The molecule has 0 amide bonds. The molecule has 0 fully saturated rings. The highest BCUT2D eigenvalue weighted by atomic mass is 16.3. The zero-order chi connectivity index (χ0) is 37.9. The van der Waals surface area contributed by atoms with E-state index in [-0.39, 0.29) is 51.3 Å². The minimum Gasteiger partial charge on any atom is -0.456 e. The average Bonchev–Trinajstić information content (AvgIpc) is 3.62. The van der Waals surface area contributed by atoms with Gasteiger partial charge in [-0.05, 0) is 88.6 Å². The third kappa shape index (κ3) is 3.90. The monoisotopic (exact) mass is 604 g/mol. The second kappa shape index (κ2) is 10.2. The van der Waals surface area contributed by atoms with Gasteiger partial charge in [-0.2, -0.15) is 0 Å². The van der Waals surface area contributed by atoms with Crippen LogP contribution >= 0.6 is 0 Å². The summed E-state index contributed by atoms with van der Waals surface area (Å²) in [6.07, 6.45) is 0. The molecule has 0 spiro atoms. The fourth-order valence-electron chi connectivity index (χ4n) is 7.25. The normalized spacial score (nSPS) is 14.2. The van der Waals surface area contributed by atoms with Crippen molar-refractivity contribution in [3.8, 4) is 33.4 Å². The van der Waals surface area contributed by atoms with Gasteiger partial charge in [0, 0.05) is 10.8 Å². The molecule has 47 heavy (non-hydrogen) atoms. The first kappa shape index (κ1) is 19.4. The van der Waals surface area contributed by atoms with Crippen molar-refractivity contribution in [2.45, 2.75) is 0 Å². The highest BCUT2D eigenvalue weighted by Crippen LogP contribution is 2.48. The van der Waals surface area contributed by atoms with Gasteiger partial charge in [0.25, 0.3) is 0 Å². The van der Waals surface area contributed by atoms with Crippen molar-refractivity contribution in [1.82, 2.24) is 0 Å². The van der Waals surface area contributed by atoms with Gasteiger partial charge in [0.2, 0.25) is 0 Å². The van der Waals surface area contributed by atoms with E-state index in [1.165, 1.54) is 0 Å². The maximum atomic E-state index is 9.46. The molecule has 218 valence electrons. The summed E-state index contributed by atoms with van der Waals surface area (Å²) in [4.78, 5) is 0. The molecule has 9 aromatic carbocycles. The summed E-state index contributed by atoms with van der Waals surface area (Å²) in [7, 11) is 0. The lowest BCUT2D eigenvalue weighted by Crippen LogP contribution is -1.92. The van der Waals surface area contributed by atoms with Crippen LogP contribution in [0.5, 0.6) is 0 Å². The Morgan fingerprint density at radius 1 is 0.383 bits per heavy atom. The van der Waals surface area contributed by atoms with Crippen molar-refractivity contribution in [1.29, 1.82) is 0 Å². The standard InChI is InChI=1S/C46H28O/c1-2-12-29(13-3-1)30-22-24-32(25-23-30)43-36-18-8-10-20-38(36)44(39-21-11-9-19-37(39)43)40-28-42-46(35-17-7-6-16-34(35)40)45-33-15-5-4-14-31(33)26-27-41(45)47-42/h1-28H/i8D,9D,10D,11D,18D,19D,20D,21D. The van der Waals surface area contributed by atoms with E-state index in [1.54, 1.807) is 0 Å². The first-order chi connectivity index (χ1) is 26.7. The van der Waals surface area contributed by atoms with Crippen molar-refractivity contribution in [2.24, 2.45) is 0 Å². The Labute approximate surface area is 283 Å². The Hall–Kier alpha value is -6.18. The van der Waals surface area contributed by atoms with E-state index >= 15 is 0 Å². The Morgan fingerprint density at radius 3 is 1.62 bits per heavy atom. The first-order valence-corrected chi connectivity index (χ1v) is 15.5. The second-order valence-corrected chi connectivity index (χ2v) is 11.8. The molecule has 0 aliphatic rings. The van der Waals surface area contributed by atoms with Crippen molar-refractivity contribution in [3.05, 3.63) is 170 Å². The smallest absolute Gasteiger partial charge is 0.136 e. The molecular weight excluding hydrogens is 569 g/mol. The average molecular weight is 605 g/mol. The van der Waals surface area contributed by atoms with Gasteiger partial charge in [0.15, 0.2) is 0 Å². The van der Waals surface area contributed by atoms with Crippen LogP contribution in [0.4, 0.5) is 0 Å². The minimum absolute atomic E-state index is 0.164. The molecular formula is C46H28O. The van der Waals surface area contributed by atoms with Crippen LogP contribution in [0.1, 0.15) is 11.0 Å². The zero-order valence-corrected chi connectivity index (χ0v) is 25.0. The molecule has 0 atom stereocenters. The Kier molecular flexibility index (Phi) is 4.19. The van der Waals surface area contributed by atoms with E-state index < -0.39 is 24.2 Å². The van der Waals surface area contributed by atoms with Gasteiger partial charge in [-0.3, -0.25) is 0 Å². The largest absolute Gasteiger partial charge is 0.456 e. The highest BCUT2D eigenvalue weighted by molar-refractivity contribution is 6.31. The second-order valence-electron chi connectivity index (χ2n) is 11.8. The molecule has 1 heteroatoms. The Balaban J connectivity index is 1.43. The summed E-state index contributed by atoms with van der Waals surface area (Å²) in [5.74, 6) is 0. The molecule has 0 aliphatic carbocycles. The molecule has 0 radical (unpaired) electrons.